The van der Waals surface area contributed by atoms with Crippen LogP contribution in [0.2, 0.25) is 0 Å². The summed E-state index contributed by atoms with van der Waals surface area (Å²) in [6, 6.07) is 16.5. The maximum atomic E-state index is 13.3. The summed E-state index contributed by atoms with van der Waals surface area (Å²) < 4.78 is 1.64. The Labute approximate surface area is 165 Å². The van der Waals surface area contributed by atoms with Gasteiger partial charge in [0.1, 0.15) is 17.7 Å². The van der Waals surface area contributed by atoms with Gasteiger partial charge < -0.3 is 10.3 Å². The maximum Gasteiger partial charge on any atom is 0.266 e. The number of nitrogens with zero attached hydrogens (tertiary/aromatic N) is 5. The van der Waals surface area contributed by atoms with Gasteiger partial charge in [-0.3, -0.25) is 9.36 Å². The smallest absolute Gasteiger partial charge is 0.266 e. The molecule has 0 radical (unpaired) electrons. The number of aromatic nitrogens is 6. The molecule has 0 amide bonds. The minimum Gasteiger partial charge on any atom is -0.358 e. The van der Waals surface area contributed by atoms with Crippen molar-refractivity contribution in [1.82, 2.24) is 29.5 Å². The quantitative estimate of drug-likeness (QED) is 0.494. The Bertz CT molecular complexity index is 1370. The van der Waals surface area contributed by atoms with Crippen molar-refractivity contribution in [1.29, 1.82) is 0 Å². The number of benzene rings is 2. The topological polar surface area (TPSA) is 101 Å². The molecule has 29 heavy (non-hydrogen) atoms. The predicted octanol–water partition coefficient (Wildman–Crippen LogP) is 3.23. The van der Waals surface area contributed by atoms with Crippen LogP contribution in [-0.4, -0.2) is 29.5 Å². The van der Waals surface area contributed by atoms with Gasteiger partial charge in [-0.05, 0) is 31.2 Å². The van der Waals surface area contributed by atoms with Crippen molar-refractivity contribution in [2.24, 2.45) is 0 Å². The van der Waals surface area contributed by atoms with Gasteiger partial charge in [0.2, 0.25) is 0 Å². The Morgan fingerprint density at radius 2 is 1.79 bits per heavy atom. The van der Waals surface area contributed by atoms with E-state index in [2.05, 4.69) is 25.3 Å². The minimum atomic E-state index is -0.317. The molecule has 1 atom stereocenters. The largest absolute Gasteiger partial charge is 0.358 e. The van der Waals surface area contributed by atoms with Crippen LogP contribution in [0.1, 0.15) is 18.8 Å². The zero-order chi connectivity index (χ0) is 19.8. The molecular formula is C21H17N7O. The van der Waals surface area contributed by atoms with Crippen LogP contribution in [0.15, 0.2) is 72.0 Å². The fraction of sp³-hybridized carbons (Fsp3) is 0.0952. The Morgan fingerprint density at radius 1 is 1.00 bits per heavy atom. The normalized spacial score (nSPS) is 12.3. The number of para-hydroxylation sites is 2. The molecule has 8 heteroatoms. The molecule has 0 unspecified atom stereocenters. The van der Waals surface area contributed by atoms with Crippen molar-refractivity contribution in [3.8, 4) is 5.69 Å². The van der Waals surface area contributed by atoms with Crippen LogP contribution >= 0.6 is 0 Å². The number of anilines is 1. The number of hydrogen-bond donors (Lipinski definition) is 2. The second-order valence-corrected chi connectivity index (χ2v) is 6.65. The Kier molecular flexibility index (Phi) is 4.02. The molecule has 2 N–H and O–H groups in total. The van der Waals surface area contributed by atoms with Gasteiger partial charge in [0.25, 0.3) is 5.56 Å². The van der Waals surface area contributed by atoms with E-state index in [-0.39, 0.29) is 11.6 Å². The zero-order valence-electron chi connectivity index (χ0n) is 15.6. The highest BCUT2D eigenvalue weighted by molar-refractivity contribution is 5.82. The average Bonchev–Trinajstić information content (AvgIpc) is 3.24. The summed E-state index contributed by atoms with van der Waals surface area (Å²) in [5.41, 5.74) is 2.57. The third kappa shape index (κ3) is 2.91. The molecule has 0 aliphatic heterocycles. The first-order chi connectivity index (χ1) is 14.2. The molecule has 142 valence electrons. The molecular weight excluding hydrogens is 366 g/mol. The van der Waals surface area contributed by atoms with Crippen molar-refractivity contribution >= 4 is 27.9 Å². The van der Waals surface area contributed by atoms with Crippen LogP contribution in [0, 0.1) is 0 Å². The van der Waals surface area contributed by atoms with Crippen molar-refractivity contribution in [3.05, 3.63) is 83.4 Å². The number of hydrogen-bond acceptors (Lipinski definition) is 6. The molecule has 2 aromatic carbocycles. The summed E-state index contributed by atoms with van der Waals surface area (Å²) in [6.45, 7) is 1.94. The van der Waals surface area contributed by atoms with Gasteiger partial charge in [-0.15, -0.1) is 0 Å². The van der Waals surface area contributed by atoms with Crippen molar-refractivity contribution in [2.45, 2.75) is 13.0 Å². The minimum absolute atomic E-state index is 0.113. The number of H-pyrrole nitrogens is 1. The number of rotatable bonds is 4. The summed E-state index contributed by atoms with van der Waals surface area (Å²) in [5, 5.41) is 3.91. The average molecular weight is 383 g/mol. The second-order valence-electron chi connectivity index (χ2n) is 6.65. The molecule has 0 saturated heterocycles. The molecule has 8 nitrogen and oxygen atoms in total. The fourth-order valence-corrected chi connectivity index (χ4v) is 3.41. The Balaban J connectivity index is 1.69. The molecule has 0 fully saturated rings. The highest BCUT2D eigenvalue weighted by Gasteiger charge is 2.19. The Hall–Kier alpha value is -4.07. The number of nitrogens with one attached hydrogen (secondary N) is 2. The lowest BCUT2D eigenvalue weighted by molar-refractivity contribution is 0.732. The number of fused-ring (bicyclic) bond motifs is 2. The van der Waals surface area contributed by atoms with Crippen molar-refractivity contribution < 1.29 is 0 Å². The lowest BCUT2D eigenvalue weighted by atomic mass is 10.2. The molecule has 3 heterocycles. The first-order valence-electron chi connectivity index (χ1n) is 9.20. The summed E-state index contributed by atoms with van der Waals surface area (Å²) in [5.74, 6) is 1.16. The van der Waals surface area contributed by atoms with E-state index in [0.29, 0.717) is 33.7 Å². The van der Waals surface area contributed by atoms with Gasteiger partial charge in [-0.1, -0.05) is 30.3 Å². The lowest BCUT2D eigenvalue weighted by Crippen LogP contribution is -2.27. The van der Waals surface area contributed by atoms with Crippen LogP contribution in [0.4, 0.5) is 5.82 Å². The molecule has 0 saturated carbocycles. The van der Waals surface area contributed by atoms with Gasteiger partial charge in [0.15, 0.2) is 11.5 Å². The van der Waals surface area contributed by atoms with E-state index in [1.165, 1.54) is 6.33 Å². The third-order valence-electron chi connectivity index (χ3n) is 4.77. The van der Waals surface area contributed by atoms with Crippen LogP contribution in [0.3, 0.4) is 0 Å². The van der Waals surface area contributed by atoms with Gasteiger partial charge in [-0.2, -0.15) is 0 Å². The maximum absolute atomic E-state index is 13.3. The van der Waals surface area contributed by atoms with E-state index in [1.54, 1.807) is 17.0 Å². The third-order valence-corrected chi connectivity index (χ3v) is 4.77. The standard InChI is InChI=1S/C21H17N7O/c1-13(26-19-17-18(23-11-22-17)24-12-25-19)20-27-16-10-6-5-9-15(16)21(29)28(20)14-7-3-2-4-8-14/h2-13H,1H3,(H2,22,23,24,25,26)/t13-/m0/s1. The summed E-state index contributed by atoms with van der Waals surface area (Å²) in [4.78, 5) is 33.9. The van der Waals surface area contributed by atoms with E-state index in [4.69, 9.17) is 4.98 Å². The van der Waals surface area contributed by atoms with E-state index in [0.717, 1.165) is 5.69 Å². The molecule has 0 aliphatic carbocycles. The van der Waals surface area contributed by atoms with E-state index < -0.39 is 0 Å². The van der Waals surface area contributed by atoms with E-state index in [1.807, 2.05) is 55.5 Å². The summed E-state index contributed by atoms with van der Waals surface area (Å²) in [7, 11) is 0. The van der Waals surface area contributed by atoms with Crippen molar-refractivity contribution in [3.63, 3.8) is 0 Å². The second kappa shape index (κ2) is 6.83. The summed E-state index contributed by atoms with van der Waals surface area (Å²) >= 11 is 0. The monoisotopic (exact) mass is 383 g/mol. The number of imidazole rings is 1. The van der Waals surface area contributed by atoms with Crippen LogP contribution < -0.4 is 10.9 Å². The first-order valence-corrected chi connectivity index (χ1v) is 9.20. The molecule has 0 bridgehead atoms. The van der Waals surface area contributed by atoms with Gasteiger partial charge >= 0.3 is 0 Å². The van der Waals surface area contributed by atoms with Crippen LogP contribution in [-0.2, 0) is 0 Å². The molecule has 0 spiro atoms. The van der Waals surface area contributed by atoms with E-state index >= 15 is 0 Å². The van der Waals surface area contributed by atoms with Crippen LogP contribution in [0.5, 0.6) is 0 Å². The van der Waals surface area contributed by atoms with Gasteiger partial charge in [0.05, 0.1) is 29.0 Å². The molecule has 5 aromatic rings. The predicted molar refractivity (Wildman–Crippen MR) is 111 cm³/mol. The molecule has 5 rings (SSSR count). The highest BCUT2D eigenvalue weighted by atomic mass is 16.1. The summed E-state index contributed by atoms with van der Waals surface area (Å²) in [6.07, 6.45) is 3.04. The molecule has 3 aromatic heterocycles. The van der Waals surface area contributed by atoms with E-state index in [9.17, 15) is 4.79 Å². The zero-order valence-corrected chi connectivity index (χ0v) is 15.6. The molecule has 0 aliphatic rings. The van der Waals surface area contributed by atoms with Crippen LogP contribution in [0.25, 0.3) is 27.8 Å². The SMILES string of the molecule is C[C@H](Nc1ncnc2[nH]cnc12)c1nc2ccccc2c(=O)n1-c1ccccc1. The lowest BCUT2D eigenvalue weighted by Gasteiger charge is -2.20. The highest BCUT2D eigenvalue weighted by Crippen LogP contribution is 2.23. The van der Waals surface area contributed by atoms with Crippen molar-refractivity contribution in [2.75, 3.05) is 5.32 Å². The number of aromatic amines is 1. The fourth-order valence-electron chi connectivity index (χ4n) is 3.41. The first kappa shape index (κ1) is 17.1. The van der Waals surface area contributed by atoms with Gasteiger partial charge in [0, 0.05) is 0 Å². The van der Waals surface area contributed by atoms with Gasteiger partial charge in [-0.25, -0.2) is 19.9 Å². The Morgan fingerprint density at radius 3 is 2.66 bits per heavy atom.